The van der Waals surface area contributed by atoms with Crippen molar-refractivity contribution in [2.75, 3.05) is 6.54 Å². The number of carbonyl (C=O) groups excluding carboxylic acids is 1. The molecule has 2 aromatic rings. The normalized spacial score (nSPS) is 18.2. The van der Waals surface area contributed by atoms with Crippen LogP contribution in [0.15, 0.2) is 24.3 Å². The summed E-state index contributed by atoms with van der Waals surface area (Å²) in [5.41, 5.74) is 1.35. The summed E-state index contributed by atoms with van der Waals surface area (Å²) < 4.78 is 0. The molecule has 1 amide bonds. The van der Waals surface area contributed by atoms with E-state index in [1.807, 2.05) is 17.0 Å². The van der Waals surface area contributed by atoms with Gasteiger partial charge in [-0.3, -0.25) is 9.89 Å². The first-order chi connectivity index (χ1) is 11.6. The standard InChI is InChI=1S/C18H24N4O2/c1-12(2)16-19-17(21-20-16)15-8-3-4-9-22(15)18(24)14-7-5-6-13(10-14)11-23/h5-7,10,12,15,23H,3-4,8-9,11H2,1-2H3,(H,19,20,21). The maximum atomic E-state index is 13.0. The van der Waals surface area contributed by atoms with E-state index in [1.165, 1.54) is 0 Å². The Bertz CT molecular complexity index is 711. The summed E-state index contributed by atoms with van der Waals surface area (Å²) in [7, 11) is 0. The molecule has 0 bridgehead atoms. The van der Waals surface area contributed by atoms with Crippen molar-refractivity contribution in [2.45, 2.75) is 51.7 Å². The average Bonchev–Trinajstić information content (AvgIpc) is 3.11. The van der Waals surface area contributed by atoms with Crippen LogP contribution in [0.2, 0.25) is 0 Å². The number of amides is 1. The predicted octanol–water partition coefficient (Wildman–Crippen LogP) is 2.79. The second kappa shape index (κ2) is 7.13. The second-order valence-electron chi connectivity index (χ2n) is 6.60. The number of likely N-dealkylation sites (tertiary alicyclic amines) is 1. The van der Waals surface area contributed by atoms with Gasteiger partial charge in [0.25, 0.3) is 5.91 Å². The molecule has 6 heteroatoms. The number of aliphatic hydroxyl groups excluding tert-OH is 1. The van der Waals surface area contributed by atoms with Gasteiger partial charge in [0.05, 0.1) is 12.6 Å². The third kappa shape index (κ3) is 3.33. The Morgan fingerprint density at radius 3 is 2.96 bits per heavy atom. The zero-order valence-electron chi connectivity index (χ0n) is 14.2. The van der Waals surface area contributed by atoms with Gasteiger partial charge in [0.15, 0.2) is 5.82 Å². The number of carbonyl (C=O) groups is 1. The van der Waals surface area contributed by atoms with Crippen molar-refractivity contribution < 1.29 is 9.90 Å². The van der Waals surface area contributed by atoms with Gasteiger partial charge in [-0.15, -0.1) is 0 Å². The molecule has 6 nitrogen and oxygen atoms in total. The van der Waals surface area contributed by atoms with Gasteiger partial charge in [0.1, 0.15) is 5.82 Å². The Morgan fingerprint density at radius 1 is 1.42 bits per heavy atom. The number of benzene rings is 1. The summed E-state index contributed by atoms with van der Waals surface area (Å²) in [5.74, 6) is 1.79. The molecule has 0 saturated carbocycles. The Kier molecular flexibility index (Phi) is 4.94. The summed E-state index contributed by atoms with van der Waals surface area (Å²) in [5, 5.41) is 16.6. The molecular weight excluding hydrogens is 304 g/mol. The number of hydrogen-bond acceptors (Lipinski definition) is 4. The number of nitrogens with one attached hydrogen (secondary N) is 1. The SMILES string of the molecule is CC(C)c1n[nH]c(C2CCCCN2C(=O)c2cccc(CO)c2)n1. The lowest BCUT2D eigenvalue weighted by Gasteiger charge is -2.34. The van der Waals surface area contributed by atoms with Crippen LogP contribution in [0.3, 0.4) is 0 Å². The van der Waals surface area contributed by atoms with Gasteiger partial charge in [0.2, 0.25) is 0 Å². The summed E-state index contributed by atoms with van der Waals surface area (Å²) >= 11 is 0. The molecule has 1 atom stereocenters. The van der Waals surface area contributed by atoms with Gasteiger partial charge < -0.3 is 10.0 Å². The predicted molar refractivity (Wildman–Crippen MR) is 90.5 cm³/mol. The van der Waals surface area contributed by atoms with Crippen LogP contribution in [0.25, 0.3) is 0 Å². The third-order valence-electron chi connectivity index (χ3n) is 4.47. The van der Waals surface area contributed by atoms with E-state index in [0.29, 0.717) is 12.1 Å². The number of aliphatic hydroxyl groups is 1. The lowest BCUT2D eigenvalue weighted by atomic mass is 9.99. The van der Waals surface area contributed by atoms with E-state index in [2.05, 4.69) is 29.0 Å². The Hall–Kier alpha value is -2.21. The highest BCUT2D eigenvalue weighted by molar-refractivity contribution is 5.94. The summed E-state index contributed by atoms with van der Waals surface area (Å²) in [6.45, 7) is 4.75. The van der Waals surface area contributed by atoms with E-state index < -0.39 is 0 Å². The molecule has 128 valence electrons. The minimum atomic E-state index is -0.0657. The Labute approximate surface area is 141 Å². The zero-order valence-corrected chi connectivity index (χ0v) is 14.2. The molecule has 2 heterocycles. The highest BCUT2D eigenvalue weighted by atomic mass is 16.3. The first-order valence-corrected chi connectivity index (χ1v) is 8.53. The van der Waals surface area contributed by atoms with Gasteiger partial charge in [0, 0.05) is 18.0 Å². The molecule has 3 rings (SSSR count). The van der Waals surface area contributed by atoms with Crippen molar-refractivity contribution in [3.8, 4) is 0 Å². The Balaban J connectivity index is 1.86. The molecule has 1 unspecified atom stereocenters. The monoisotopic (exact) mass is 328 g/mol. The lowest BCUT2D eigenvalue weighted by Crippen LogP contribution is -2.39. The van der Waals surface area contributed by atoms with Gasteiger partial charge >= 0.3 is 0 Å². The molecule has 1 fully saturated rings. The van der Waals surface area contributed by atoms with Crippen LogP contribution >= 0.6 is 0 Å². The summed E-state index contributed by atoms with van der Waals surface area (Å²) in [6, 6.07) is 7.11. The van der Waals surface area contributed by atoms with Gasteiger partial charge in [-0.1, -0.05) is 26.0 Å². The van der Waals surface area contributed by atoms with E-state index in [1.54, 1.807) is 12.1 Å². The first-order valence-electron chi connectivity index (χ1n) is 8.53. The van der Waals surface area contributed by atoms with Gasteiger partial charge in [-0.2, -0.15) is 5.10 Å². The van der Waals surface area contributed by atoms with Crippen LogP contribution in [0.1, 0.15) is 72.6 Å². The number of aromatic nitrogens is 3. The van der Waals surface area contributed by atoms with Crippen LogP contribution in [-0.2, 0) is 6.61 Å². The fourth-order valence-corrected chi connectivity index (χ4v) is 3.12. The topological polar surface area (TPSA) is 82.1 Å². The molecular formula is C18H24N4O2. The van der Waals surface area contributed by atoms with E-state index in [4.69, 9.17) is 0 Å². The van der Waals surface area contributed by atoms with E-state index in [-0.39, 0.29) is 24.5 Å². The fourth-order valence-electron chi connectivity index (χ4n) is 3.12. The highest BCUT2D eigenvalue weighted by Gasteiger charge is 2.31. The smallest absolute Gasteiger partial charge is 0.254 e. The molecule has 0 radical (unpaired) electrons. The Morgan fingerprint density at radius 2 is 2.25 bits per heavy atom. The molecule has 24 heavy (non-hydrogen) atoms. The molecule has 1 aliphatic rings. The number of H-pyrrole nitrogens is 1. The molecule has 2 N–H and O–H groups in total. The van der Waals surface area contributed by atoms with Crippen LogP contribution in [0.4, 0.5) is 0 Å². The molecule has 1 aromatic carbocycles. The van der Waals surface area contributed by atoms with E-state index >= 15 is 0 Å². The quantitative estimate of drug-likeness (QED) is 0.904. The minimum Gasteiger partial charge on any atom is -0.392 e. The number of nitrogens with zero attached hydrogens (tertiary/aromatic N) is 3. The lowest BCUT2D eigenvalue weighted by molar-refractivity contribution is 0.0600. The van der Waals surface area contributed by atoms with Crippen LogP contribution in [0.5, 0.6) is 0 Å². The highest BCUT2D eigenvalue weighted by Crippen LogP contribution is 2.30. The molecule has 1 aromatic heterocycles. The first kappa shape index (κ1) is 16.6. The van der Waals surface area contributed by atoms with Crippen LogP contribution < -0.4 is 0 Å². The fraction of sp³-hybridized carbons (Fsp3) is 0.500. The van der Waals surface area contributed by atoms with E-state index in [0.717, 1.165) is 36.5 Å². The number of piperidine rings is 1. The van der Waals surface area contributed by atoms with Crippen molar-refractivity contribution in [2.24, 2.45) is 0 Å². The van der Waals surface area contributed by atoms with Gasteiger partial charge in [-0.25, -0.2) is 4.98 Å². The minimum absolute atomic E-state index is 0.0162. The average molecular weight is 328 g/mol. The van der Waals surface area contributed by atoms with Gasteiger partial charge in [-0.05, 0) is 37.0 Å². The van der Waals surface area contributed by atoms with Crippen LogP contribution in [-0.4, -0.2) is 37.6 Å². The number of rotatable bonds is 4. The van der Waals surface area contributed by atoms with Crippen molar-refractivity contribution >= 4 is 5.91 Å². The number of hydrogen-bond donors (Lipinski definition) is 2. The number of aromatic amines is 1. The largest absolute Gasteiger partial charge is 0.392 e. The molecule has 0 aliphatic carbocycles. The summed E-state index contributed by atoms with van der Waals surface area (Å²) in [6.07, 6.45) is 2.95. The van der Waals surface area contributed by atoms with Crippen LogP contribution in [0, 0.1) is 0 Å². The zero-order chi connectivity index (χ0) is 17.1. The summed E-state index contributed by atoms with van der Waals surface area (Å²) in [4.78, 5) is 19.4. The third-order valence-corrected chi connectivity index (χ3v) is 4.47. The van der Waals surface area contributed by atoms with Crippen molar-refractivity contribution in [3.05, 3.63) is 47.0 Å². The maximum absolute atomic E-state index is 13.0. The maximum Gasteiger partial charge on any atom is 0.254 e. The van der Waals surface area contributed by atoms with Crippen molar-refractivity contribution in [1.82, 2.24) is 20.1 Å². The second-order valence-corrected chi connectivity index (χ2v) is 6.60. The van der Waals surface area contributed by atoms with E-state index in [9.17, 15) is 9.90 Å². The molecule has 1 saturated heterocycles. The molecule has 0 spiro atoms. The van der Waals surface area contributed by atoms with Crippen molar-refractivity contribution in [3.63, 3.8) is 0 Å². The molecule has 1 aliphatic heterocycles. The van der Waals surface area contributed by atoms with Crippen molar-refractivity contribution in [1.29, 1.82) is 0 Å².